The maximum Gasteiger partial charge on any atom is 0.256 e. The van der Waals surface area contributed by atoms with E-state index in [1.165, 1.54) is 19.3 Å². The minimum atomic E-state index is -2.27. The molecule has 0 bridgehead atoms. The van der Waals surface area contributed by atoms with E-state index in [0.29, 0.717) is 13.0 Å². The van der Waals surface area contributed by atoms with Gasteiger partial charge in [0.1, 0.15) is 0 Å². The van der Waals surface area contributed by atoms with Crippen molar-refractivity contribution in [3.63, 3.8) is 0 Å². The van der Waals surface area contributed by atoms with Crippen LogP contribution in [0, 0.1) is 0 Å². The molecule has 0 amide bonds. The average molecular weight is 221 g/mol. The zero-order valence-electron chi connectivity index (χ0n) is 10.3. The molecule has 0 aromatic rings. The largest absolute Gasteiger partial charge is 0.307 e. The van der Waals surface area contributed by atoms with Crippen LogP contribution in [-0.2, 0) is 0 Å². The van der Waals surface area contributed by atoms with Crippen LogP contribution >= 0.6 is 0 Å². The topological polar surface area (TPSA) is 12.0 Å². The van der Waals surface area contributed by atoms with Gasteiger partial charge in [-0.1, -0.05) is 46.0 Å². The molecule has 0 aromatic carbocycles. The lowest BCUT2D eigenvalue weighted by atomic mass is 9.94. The van der Waals surface area contributed by atoms with Crippen LogP contribution in [0.3, 0.4) is 0 Å². The van der Waals surface area contributed by atoms with Crippen molar-refractivity contribution in [1.29, 1.82) is 0 Å². The molecule has 1 N–H and O–H groups in total. The summed E-state index contributed by atoms with van der Waals surface area (Å²) in [6.45, 7) is 6.26. The van der Waals surface area contributed by atoms with Gasteiger partial charge in [0.05, 0.1) is 5.54 Å². The first-order valence-corrected chi connectivity index (χ1v) is 6.10. The Labute approximate surface area is 92.6 Å². The minimum Gasteiger partial charge on any atom is -0.307 e. The van der Waals surface area contributed by atoms with E-state index in [1.807, 2.05) is 6.92 Å². The fourth-order valence-electron chi connectivity index (χ4n) is 1.77. The Morgan fingerprint density at radius 3 is 2.13 bits per heavy atom. The molecule has 0 spiro atoms. The van der Waals surface area contributed by atoms with E-state index < -0.39 is 12.0 Å². The first-order chi connectivity index (χ1) is 7.06. The van der Waals surface area contributed by atoms with E-state index in [0.717, 1.165) is 12.8 Å². The molecule has 0 saturated carbocycles. The third-order valence-electron chi connectivity index (χ3n) is 2.86. The second kappa shape index (κ2) is 8.03. The molecule has 0 aliphatic carbocycles. The van der Waals surface area contributed by atoms with Crippen LogP contribution in [-0.4, -0.2) is 18.5 Å². The third-order valence-corrected chi connectivity index (χ3v) is 2.86. The van der Waals surface area contributed by atoms with Crippen molar-refractivity contribution >= 4 is 0 Å². The van der Waals surface area contributed by atoms with Crippen molar-refractivity contribution in [3.8, 4) is 0 Å². The van der Waals surface area contributed by atoms with Gasteiger partial charge >= 0.3 is 0 Å². The third kappa shape index (κ3) is 6.08. The zero-order chi connectivity index (χ0) is 11.7. The van der Waals surface area contributed by atoms with Crippen LogP contribution in [0.5, 0.6) is 0 Å². The van der Waals surface area contributed by atoms with E-state index in [9.17, 15) is 8.78 Å². The van der Waals surface area contributed by atoms with Crippen molar-refractivity contribution in [2.24, 2.45) is 0 Å². The SMILES string of the molecule is CCCCCCCC(C)(NCC)C(F)F. The molecule has 15 heavy (non-hydrogen) atoms. The number of hydrogen-bond donors (Lipinski definition) is 1. The zero-order valence-corrected chi connectivity index (χ0v) is 10.3. The Balaban J connectivity index is 3.76. The first-order valence-electron chi connectivity index (χ1n) is 6.10. The minimum absolute atomic E-state index is 0.572. The van der Waals surface area contributed by atoms with Gasteiger partial charge in [0, 0.05) is 0 Å². The van der Waals surface area contributed by atoms with Crippen molar-refractivity contribution in [1.82, 2.24) is 5.32 Å². The predicted molar refractivity (Wildman–Crippen MR) is 61.5 cm³/mol. The Hall–Kier alpha value is -0.180. The van der Waals surface area contributed by atoms with Crippen LogP contribution in [0.2, 0.25) is 0 Å². The van der Waals surface area contributed by atoms with Gasteiger partial charge < -0.3 is 5.32 Å². The lowest BCUT2D eigenvalue weighted by Crippen LogP contribution is -2.48. The molecule has 1 atom stereocenters. The van der Waals surface area contributed by atoms with E-state index in [1.54, 1.807) is 6.92 Å². The average Bonchev–Trinajstić information content (AvgIpc) is 2.18. The van der Waals surface area contributed by atoms with Crippen LogP contribution in [0.15, 0.2) is 0 Å². The maximum absolute atomic E-state index is 12.8. The molecule has 0 saturated heterocycles. The fourth-order valence-corrected chi connectivity index (χ4v) is 1.77. The second-order valence-corrected chi connectivity index (χ2v) is 4.41. The Kier molecular flexibility index (Phi) is 7.93. The van der Waals surface area contributed by atoms with Crippen molar-refractivity contribution in [2.45, 2.75) is 71.3 Å². The van der Waals surface area contributed by atoms with Gasteiger partial charge in [-0.2, -0.15) is 0 Å². The van der Waals surface area contributed by atoms with Crippen molar-refractivity contribution in [3.05, 3.63) is 0 Å². The molecule has 1 unspecified atom stereocenters. The quantitative estimate of drug-likeness (QED) is 0.581. The number of alkyl halides is 2. The maximum atomic E-state index is 12.8. The summed E-state index contributed by atoms with van der Waals surface area (Å²) in [5, 5.41) is 2.90. The van der Waals surface area contributed by atoms with Gasteiger partial charge in [-0.25, -0.2) is 8.78 Å². The fraction of sp³-hybridized carbons (Fsp3) is 1.00. The number of nitrogens with one attached hydrogen (secondary N) is 1. The summed E-state index contributed by atoms with van der Waals surface area (Å²) in [6, 6.07) is 0. The molecule has 0 fully saturated rings. The predicted octanol–water partition coefficient (Wildman–Crippen LogP) is 3.98. The number of rotatable bonds is 9. The lowest BCUT2D eigenvalue weighted by Gasteiger charge is -2.29. The molecule has 3 heteroatoms. The van der Waals surface area contributed by atoms with Crippen LogP contribution in [0.25, 0.3) is 0 Å². The number of halogens is 2. The molecule has 92 valence electrons. The van der Waals surface area contributed by atoms with Crippen LogP contribution in [0.1, 0.15) is 59.3 Å². The van der Waals surface area contributed by atoms with Gasteiger partial charge in [-0.05, 0) is 19.9 Å². The molecule has 0 rings (SSSR count). The van der Waals surface area contributed by atoms with Crippen molar-refractivity contribution in [2.75, 3.05) is 6.54 Å². The summed E-state index contributed by atoms with van der Waals surface area (Å²) < 4.78 is 25.6. The Morgan fingerprint density at radius 2 is 1.67 bits per heavy atom. The normalized spacial score (nSPS) is 15.6. The molecule has 1 nitrogen and oxygen atoms in total. The highest BCUT2D eigenvalue weighted by Crippen LogP contribution is 2.22. The molecule has 0 aliphatic heterocycles. The lowest BCUT2D eigenvalue weighted by molar-refractivity contribution is 0.0347. The summed E-state index contributed by atoms with van der Waals surface area (Å²) in [6.07, 6.45) is 3.84. The Morgan fingerprint density at radius 1 is 1.07 bits per heavy atom. The molecule has 0 heterocycles. The number of unbranched alkanes of at least 4 members (excludes halogenated alkanes) is 4. The van der Waals surface area contributed by atoms with Gasteiger partial charge in [-0.15, -0.1) is 0 Å². The van der Waals surface area contributed by atoms with Gasteiger partial charge in [0.25, 0.3) is 6.43 Å². The van der Waals surface area contributed by atoms with Crippen LogP contribution in [0.4, 0.5) is 8.78 Å². The van der Waals surface area contributed by atoms with Gasteiger partial charge in [-0.3, -0.25) is 0 Å². The molecular weight excluding hydrogens is 196 g/mol. The highest BCUT2D eigenvalue weighted by atomic mass is 19.3. The Bertz CT molecular complexity index is 151. The summed E-state index contributed by atoms with van der Waals surface area (Å²) in [5.74, 6) is 0. The van der Waals surface area contributed by atoms with E-state index in [4.69, 9.17) is 0 Å². The van der Waals surface area contributed by atoms with Crippen molar-refractivity contribution < 1.29 is 8.78 Å². The highest BCUT2D eigenvalue weighted by Gasteiger charge is 2.32. The molecule has 0 aliphatic rings. The van der Waals surface area contributed by atoms with Gasteiger partial charge in [0.2, 0.25) is 0 Å². The standard InChI is InChI=1S/C12H25F2N/c1-4-6-7-8-9-10-12(3,11(13)14)15-5-2/h11,15H,4-10H2,1-3H3. The smallest absolute Gasteiger partial charge is 0.256 e. The first kappa shape index (κ1) is 14.8. The van der Waals surface area contributed by atoms with E-state index in [2.05, 4.69) is 12.2 Å². The summed E-state index contributed by atoms with van der Waals surface area (Å²) in [5.41, 5.74) is -0.985. The molecule has 0 aromatic heterocycles. The highest BCUT2D eigenvalue weighted by molar-refractivity contribution is 4.85. The molecule has 0 radical (unpaired) electrons. The summed E-state index contributed by atoms with van der Waals surface area (Å²) in [4.78, 5) is 0. The van der Waals surface area contributed by atoms with E-state index >= 15 is 0 Å². The second-order valence-electron chi connectivity index (χ2n) is 4.41. The number of hydrogen-bond acceptors (Lipinski definition) is 1. The van der Waals surface area contributed by atoms with Crippen LogP contribution < -0.4 is 5.32 Å². The monoisotopic (exact) mass is 221 g/mol. The summed E-state index contributed by atoms with van der Waals surface area (Å²) in [7, 11) is 0. The summed E-state index contributed by atoms with van der Waals surface area (Å²) >= 11 is 0. The molecular formula is C12H25F2N. The van der Waals surface area contributed by atoms with Gasteiger partial charge in [0.15, 0.2) is 0 Å². The van der Waals surface area contributed by atoms with E-state index in [-0.39, 0.29) is 0 Å².